The van der Waals surface area contributed by atoms with Crippen LogP contribution >= 0.6 is 0 Å². The van der Waals surface area contributed by atoms with Crippen LogP contribution in [0.5, 0.6) is 0 Å². The number of carbonyl (C=O) groups is 1. The first-order valence-electron chi connectivity index (χ1n) is 6.45. The van der Waals surface area contributed by atoms with Crippen molar-refractivity contribution in [1.29, 1.82) is 0 Å². The van der Waals surface area contributed by atoms with E-state index in [1.807, 2.05) is 0 Å². The molecule has 6 heteroatoms. The fourth-order valence-corrected chi connectivity index (χ4v) is 2.75. The van der Waals surface area contributed by atoms with Crippen LogP contribution in [-0.2, 0) is 9.47 Å². The maximum Gasteiger partial charge on any atom is 0.291 e. The zero-order chi connectivity index (χ0) is 13.3. The van der Waals surface area contributed by atoms with Gasteiger partial charge in [0.1, 0.15) is 5.60 Å². The number of likely N-dealkylation sites (tertiary alicyclic amines) is 1. The molecular weight excluding hydrogens is 246 g/mol. The third-order valence-electron chi connectivity index (χ3n) is 3.78. The molecule has 1 aromatic heterocycles. The molecule has 19 heavy (non-hydrogen) atoms. The summed E-state index contributed by atoms with van der Waals surface area (Å²) in [6.45, 7) is 1.90. The summed E-state index contributed by atoms with van der Waals surface area (Å²) >= 11 is 0. The molecule has 2 aliphatic heterocycles. The molecule has 0 aromatic carbocycles. The molecule has 2 fully saturated rings. The summed E-state index contributed by atoms with van der Waals surface area (Å²) < 4.78 is 11.2. The Morgan fingerprint density at radius 3 is 2.89 bits per heavy atom. The van der Waals surface area contributed by atoms with Gasteiger partial charge in [-0.1, -0.05) is 0 Å². The van der Waals surface area contributed by atoms with Gasteiger partial charge in [0, 0.05) is 32.5 Å². The van der Waals surface area contributed by atoms with Gasteiger partial charge in [-0.3, -0.25) is 4.79 Å². The van der Waals surface area contributed by atoms with E-state index in [9.17, 15) is 4.79 Å². The SMILES string of the molecule is CO[C@@H]1CCOC2(C1)CN(C(=O)c1ncccn1)C2. The van der Waals surface area contributed by atoms with E-state index in [-0.39, 0.29) is 23.4 Å². The van der Waals surface area contributed by atoms with Crippen LogP contribution in [0.1, 0.15) is 23.5 Å². The molecule has 2 saturated heterocycles. The molecule has 3 rings (SSSR count). The van der Waals surface area contributed by atoms with E-state index < -0.39 is 0 Å². The van der Waals surface area contributed by atoms with Gasteiger partial charge in [-0.15, -0.1) is 0 Å². The van der Waals surface area contributed by atoms with Crippen molar-refractivity contribution in [2.24, 2.45) is 0 Å². The number of hydrogen-bond acceptors (Lipinski definition) is 5. The summed E-state index contributed by atoms with van der Waals surface area (Å²) in [4.78, 5) is 21.8. The minimum atomic E-state index is -0.219. The quantitative estimate of drug-likeness (QED) is 0.777. The first kappa shape index (κ1) is 12.5. The largest absolute Gasteiger partial charge is 0.381 e. The van der Waals surface area contributed by atoms with Crippen LogP contribution in [0.4, 0.5) is 0 Å². The molecule has 3 heterocycles. The molecule has 2 aliphatic rings. The maximum atomic E-state index is 12.1. The van der Waals surface area contributed by atoms with Crippen LogP contribution in [0.2, 0.25) is 0 Å². The second-order valence-corrected chi connectivity index (χ2v) is 5.12. The molecule has 0 N–H and O–H groups in total. The second-order valence-electron chi connectivity index (χ2n) is 5.12. The molecule has 0 saturated carbocycles. The Morgan fingerprint density at radius 1 is 1.47 bits per heavy atom. The Hall–Kier alpha value is -1.53. The van der Waals surface area contributed by atoms with E-state index in [2.05, 4.69) is 9.97 Å². The van der Waals surface area contributed by atoms with Crippen LogP contribution in [0, 0.1) is 0 Å². The maximum absolute atomic E-state index is 12.1. The van der Waals surface area contributed by atoms with Crippen LogP contribution in [0.3, 0.4) is 0 Å². The number of hydrogen-bond donors (Lipinski definition) is 0. The molecule has 6 nitrogen and oxygen atoms in total. The molecule has 0 unspecified atom stereocenters. The average molecular weight is 263 g/mol. The van der Waals surface area contributed by atoms with Gasteiger partial charge in [-0.25, -0.2) is 9.97 Å². The number of carbonyl (C=O) groups excluding carboxylic acids is 1. The van der Waals surface area contributed by atoms with E-state index in [0.29, 0.717) is 19.7 Å². The molecule has 0 bridgehead atoms. The summed E-state index contributed by atoms with van der Waals surface area (Å²) in [5, 5.41) is 0. The van der Waals surface area contributed by atoms with Crippen molar-refractivity contribution < 1.29 is 14.3 Å². The van der Waals surface area contributed by atoms with Gasteiger partial charge in [0.2, 0.25) is 5.82 Å². The zero-order valence-electron chi connectivity index (χ0n) is 10.9. The number of rotatable bonds is 2. The summed E-state index contributed by atoms with van der Waals surface area (Å²) in [6, 6.07) is 1.70. The van der Waals surface area contributed by atoms with Crippen LogP contribution < -0.4 is 0 Å². The molecule has 0 aliphatic carbocycles. The summed E-state index contributed by atoms with van der Waals surface area (Å²) in [6.07, 6.45) is 5.16. The van der Waals surface area contributed by atoms with Crippen LogP contribution in [0.15, 0.2) is 18.5 Å². The Labute approximate surface area is 111 Å². The molecule has 1 aromatic rings. The van der Waals surface area contributed by atoms with Gasteiger partial charge < -0.3 is 14.4 Å². The van der Waals surface area contributed by atoms with E-state index in [0.717, 1.165) is 12.8 Å². The number of ether oxygens (including phenoxy) is 2. The van der Waals surface area contributed by atoms with Gasteiger partial charge >= 0.3 is 0 Å². The molecular formula is C13H17N3O3. The summed E-state index contributed by atoms with van der Waals surface area (Å²) in [5.74, 6) is 0.116. The fourth-order valence-electron chi connectivity index (χ4n) is 2.75. The highest BCUT2D eigenvalue weighted by atomic mass is 16.5. The lowest BCUT2D eigenvalue weighted by Crippen LogP contribution is -2.67. The number of methoxy groups -OCH3 is 1. The van der Waals surface area contributed by atoms with Crippen molar-refractivity contribution >= 4 is 5.91 Å². The normalized spacial score (nSPS) is 25.1. The van der Waals surface area contributed by atoms with E-state index >= 15 is 0 Å². The van der Waals surface area contributed by atoms with Gasteiger partial charge in [-0.2, -0.15) is 0 Å². The third kappa shape index (κ3) is 2.33. The Morgan fingerprint density at radius 2 is 2.21 bits per heavy atom. The molecule has 102 valence electrons. The average Bonchev–Trinajstić information content (AvgIpc) is 2.45. The van der Waals surface area contributed by atoms with E-state index in [1.54, 1.807) is 30.5 Å². The predicted molar refractivity (Wildman–Crippen MR) is 66.6 cm³/mol. The van der Waals surface area contributed by atoms with Crippen LogP contribution in [-0.4, -0.2) is 59.3 Å². The highest BCUT2D eigenvalue weighted by Gasteiger charge is 2.49. The molecule has 1 spiro atoms. The van der Waals surface area contributed by atoms with Crippen molar-refractivity contribution in [1.82, 2.24) is 14.9 Å². The van der Waals surface area contributed by atoms with Gasteiger partial charge in [0.25, 0.3) is 5.91 Å². The summed E-state index contributed by atoms with van der Waals surface area (Å²) in [7, 11) is 1.73. The van der Waals surface area contributed by atoms with Crippen molar-refractivity contribution in [2.75, 3.05) is 26.8 Å². The van der Waals surface area contributed by atoms with Gasteiger partial charge in [-0.05, 0) is 12.5 Å². The minimum absolute atomic E-state index is 0.130. The Balaban J connectivity index is 1.62. The minimum Gasteiger partial charge on any atom is -0.381 e. The first-order chi connectivity index (χ1) is 9.22. The molecule has 1 atom stereocenters. The first-order valence-corrected chi connectivity index (χ1v) is 6.45. The number of aromatic nitrogens is 2. The topological polar surface area (TPSA) is 64.6 Å². The third-order valence-corrected chi connectivity index (χ3v) is 3.78. The standard InChI is InChI=1S/C13H17N3O3/c1-18-10-3-6-19-13(7-10)8-16(9-13)12(17)11-14-4-2-5-15-11/h2,4-5,10H,3,6-9H2,1H3/t10-/m1/s1. The lowest BCUT2D eigenvalue weighted by molar-refractivity contribution is -0.182. The Kier molecular flexibility index (Phi) is 3.20. The second kappa shape index (κ2) is 4.86. The monoisotopic (exact) mass is 263 g/mol. The van der Waals surface area contributed by atoms with Crippen molar-refractivity contribution in [3.63, 3.8) is 0 Å². The highest BCUT2D eigenvalue weighted by molar-refractivity contribution is 5.91. The Bertz CT molecular complexity index is 459. The van der Waals surface area contributed by atoms with Gasteiger partial charge in [0.15, 0.2) is 0 Å². The molecule has 0 radical (unpaired) electrons. The van der Waals surface area contributed by atoms with Crippen molar-refractivity contribution in [3.8, 4) is 0 Å². The summed E-state index contributed by atoms with van der Waals surface area (Å²) in [5.41, 5.74) is -0.219. The molecule has 1 amide bonds. The highest BCUT2D eigenvalue weighted by Crippen LogP contribution is 2.35. The predicted octanol–water partition coefficient (Wildman–Crippen LogP) is 0.497. The number of amides is 1. The lowest BCUT2D eigenvalue weighted by atomic mass is 9.84. The zero-order valence-corrected chi connectivity index (χ0v) is 10.9. The fraction of sp³-hybridized carbons (Fsp3) is 0.615. The number of nitrogens with zero attached hydrogens (tertiary/aromatic N) is 3. The van der Waals surface area contributed by atoms with E-state index in [4.69, 9.17) is 9.47 Å². The lowest BCUT2D eigenvalue weighted by Gasteiger charge is -2.52. The van der Waals surface area contributed by atoms with Crippen molar-refractivity contribution in [3.05, 3.63) is 24.3 Å². The van der Waals surface area contributed by atoms with E-state index in [1.165, 1.54) is 0 Å². The van der Waals surface area contributed by atoms with Gasteiger partial charge in [0.05, 0.1) is 19.2 Å². The van der Waals surface area contributed by atoms with Crippen molar-refractivity contribution in [2.45, 2.75) is 24.5 Å². The smallest absolute Gasteiger partial charge is 0.291 e. The van der Waals surface area contributed by atoms with Crippen LogP contribution in [0.25, 0.3) is 0 Å².